The predicted molar refractivity (Wildman–Crippen MR) is 70.7 cm³/mol. The van der Waals surface area contributed by atoms with E-state index in [9.17, 15) is 0 Å². The Kier molecular flexibility index (Phi) is 3.15. The number of aryl methyl sites for hydroxylation is 1. The summed E-state index contributed by atoms with van der Waals surface area (Å²) in [5, 5.41) is 0.188. The molecule has 4 nitrogen and oxygen atoms in total. The van der Waals surface area contributed by atoms with Crippen molar-refractivity contribution in [3.63, 3.8) is 0 Å². The average Bonchev–Trinajstić information content (AvgIpc) is 2.32. The number of anilines is 3. The van der Waals surface area contributed by atoms with Crippen LogP contribution in [0.1, 0.15) is 5.56 Å². The fraction of sp³-hybridized carbons (Fsp3) is 0.167. The van der Waals surface area contributed by atoms with Crippen molar-refractivity contribution in [2.75, 3.05) is 17.7 Å². The molecular weight excluding hydrogens is 236 g/mol. The van der Waals surface area contributed by atoms with E-state index >= 15 is 0 Å². The highest BCUT2D eigenvalue weighted by atomic mass is 35.5. The number of benzene rings is 1. The first-order valence-electron chi connectivity index (χ1n) is 5.16. The van der Waals surface area contributed by atoms with E-state index in [1.165, 1.54) is 11.8 Å². The first-order valence-corrected chi connectivity index (χ1v) is 5.54. The Hall–Kier alpha value is -1.81. The van der Waals surface area contributed by atoms with Crippen LogP contribution >= 0.6 is 11.6 Å². The van der Waals surface area contributed by atoms with Crippen molar-refractivity contribution in [3.05, 3.63) is 41.3 Å². The summed E-state index contributed by atoms with van der Waals surface area (Å²) in [6.45, 7) is 2.04. The number of halogens is 1. The standard InChI is InChI=1S/C12H13ClN4/c1-8-3-5-9(6-4-8)17(2)11-10(14)7-15-12(13)16-11/h3-7H,14H2,1-2H3. The molecule has 1 heterocycles. The Balaban J connectivity index is 2.39. The highest BCUT2D eigenvalue weighted by Gasteiger charge is 2.10. The highest BCUT2D eigenvalue weighted by molar-refractivity contribution is 6.28. The molecule has 0 aliphatic rings. The molecule has 0 radical (unpaired) electrons. The molecule has 0 saturated carbocycles. The van der Waals surface area contributed by atoms with Gasteiger partial charge in [0.25, 0.3) is 0 Å². The summed E-state index contributed by atoms with van der Waals surface area (Å²) in [4.78, 5) is 9.84. The van der Waals surface area contributed by atoms with Gasteiger partial charge in [-0.25, -0.2) is 4.98 Å². The van der Waals surface area contributed by atoms with E-state index in [1.807, 2.05) is 43.1 Å². The average molecular weight is 249 g/mol. The van der Waals surface area contributed by atoms with Gasteiger partial charge in [0.05, 0.1) is 11.9 Å². The molecule has 0 aliphatic carbocycles. The lowest BCUT2D eigenvalue weighted by molar-refractivity contribution is 1.08. The third-order valence-electron chi connectivity index (χ3n) is 2.51. The zero-order valence-corrected chi connectivity index (χ0v) is 10.4. The van der Waals surface area contributed by atoms with Gasteiger partial charge >= 0.3 is 0 Å². The third-order valence-corrected chi connectivity index (χ3v) is 2.69. The second-order valence-corrected chi connectivity index (χ2v) is 4.15. The summed E-state index contributed by atoms with van der Waals surface area (Å²) in [5.74, 6) is 0.605. The lowest BCUT2D eigenvalue weighted by Crippen LogP contribution is -2.13. The normalized spacial score (nSPS) is 10.3. The van der Waals surface area contributed by atoms with Crippen LogP contribution in [0.5, 0.6) is 0 Å². The van der Waals surface area contributed by atoms with Gasteiger partial charge in [0.2, 0.25) is 5.28 Å². The smallest absolute Gasteiger partial charge is 0.224 e. The number of nitrogens with zero attached hydrogens (tertiary/aromatic N) is 3. The Morgan fingerprint density at radius 2 is 1.88 bits per heavy atom. The summed E-state index contributed by atoms with van der Waals surface area (Å²) < 4.78 is 0. The van der Waals surface area contributed by atoms with E-state index in [2.05, 4.69) is 9.97 Å². The van der Waals surface area contributed by atoms with Crippen LogP contribution in [0.2, 0.25) is 5.28 Å². The second-order valence-electron chi connectivity index (χ2n) is 3.81. The lowest BCUT2D eigenvalue weighted by Gasteiger charge is -2.19. The van der Waals surface area contributed by atoms with Crippen LogP contribution in [0.25, 0.3) is 0 Å². The molecule has 2 N–H and O–H groups in total. The largest absolute Gasteiger partial charge is 0.394 e. The van der Waals surface area contributed by atoms with Crippen LogP contribution in [0, 0.1) is 6.92 Å². The molecule has 0 amide bonds. The van der Waals surface area contributed by atoms with Gasteiger partial charge in [0, 0.05) is 12.7 Å². The number of nitrogen functional groups attached to an aromatic ring is 1. The fourth-order valence-corrected chi connectivity index (χ4v) is 1.65. The summed E-state index contributed by atoms with van der Waals surface area (Å²) >= 11 is 5.77. The fourth-order valence-electron chi connectivity index (χ4n) is 1.52. The third kappa shape index (κ3) is 2.47. The monoisotopic (exact) mass is 248 g/mol. The van der Waals surface area contributed by atoms with E-state index in [0.29, 0.717) is 11.5 Å². The minimum Gasteiger partial charge on any atom is -0.394 e. The number of hydrogen-bond donors (Lipinski definition) is 1. The van der Waals surface area contributed by atoms with Gasteiger partial charge in [-0.05, 0) is 30.7 Å². The first-order chi connectivity index (χ1) is 8.08. The molecule has 0 atom stereocenters. The Bertz CT molecular complexity index is 525. The molecular formula is C12H13ClN4. The lowest BCUT2D eigenvalue weighted by atomic mass is 10.2. The zero-order chi connectivity index (χ0) is 12.4. The van der Waals surface area contributed by atoms with E-state index in [-0.39, 0.29) is 5.28 Å². The maximum absolute atomic E-state index is 5.83. The Morgan fingerprint density at radius 3 is 2.53 bits per heavy atom. The molecule has 2 rings (SSSR count). The molecule has 88 valence electrons. The number of hydrogen-bond acceptors (Lipinski definition) is 4. The van der Waals surface area contributed by atoms with E-state index in [4.69, 9.17) is 17.3 Å². The maximum atomic E-state index is 5.83. The van der Waals surface area contributed by atoms with Crippen LogP contribution in [0.15, 0.2) is 30.5 Å². The molecule has 2 aromatic rings. The summed E-state index contributed by atoms with van der Waals surface area (Å²) in [5.41, 5.74) is 8.53. The van der Waals surface area contributed by atoms with Crippen molar-refractivity contribution in [2.45, 2.75) is 6.92 Å². The van der Waals surface area contributed by atoms with Crippen LogP contribution in [-0.2, 0) is 0 Å². The number of aromatic nitrogens is 2. The first kappa shape index (κ1) is 11.7. The van der Waals surface area contributed by atoms with Crippen molar-refractivity contribution in [1.82, 2.24) is 9.97 Å². The summed E-state index contributed by atoms with van der Waals surface area (Å²) in [7, 11) is 1.89. The molecule has 0 saturated heterocycles. The minimum atomic E-state index is 0.188. The molecule has 0 fully saturated rings. The van der Waals surface area contributed by atoms with Crippen LogP contribution in [-0.4, -0.2) is 17.0 Å². The van der Waals surface area contributed by atoms with Crippen molar-refractivity contribution in [2.24, 2.45) is 0 Å². The van der Waals surface area contributed by atoms with Gasteiger partial charge in [-0.1, -0.05) is 17.7 Å². The van der Waals surface area contributed by atoms with Gasteiger partial charge in [-0.2, -0.15) is 4.98 Å². The summed E-state index contributed by atoms with van der Waals surface area (Å²) in [6, 6.07) is 8.07. The quantitative estimate of drug-likeness (QED) is 0.831. The van der Waals surface area contributed by atoms with E-state index in [1.54, 1.807) is 0 Å². The number of nitrogens with two attached hydrogens (primary N) is 1. The summed E-state index contributed by atoms with van der Waals surface area (Å²) in [6.07, 6.45) is 1.51. The minimum absolute atomic E-state index is 0.188. The topological polar surface area (TPSA) is 55.0 Å². The second kappa shape index (κ2) is 4.59. The zero-order valence-electron chi connectivity index (χ0n) is 9.68. The van der Waals surface area contributed by atoms with Gasteiger partial charge < -0.3 is 10.6 Å². The molecule has 0 unspecified atom stereocenters. The van der Waals surface area contributed by atoms with Crippen molar-refractivity contribution in [3.8, 4) is 0 Å². The van der Waals surface area contributed by atoms with Gasteiger partial charge in [0.1, 0.15) is 0 Å². The van der Waals surface area contributed by atoms with Gasteiger partial charge in [-0.15, -0.1) is 0 Å². The van der Waals surface area contributed by atoms with Gasteiger partial charge in [0.15, 0.2) is 5.82 Å². The SMILES string of the molecule is Cc1ccc(N(C)c2nc(Cl)ncc2N)cc1. The van der Waals surface area contributed by atoms with Crippen LogP contribution in [0.4, 0.5) is 17.2 Å². The van der Waals surface area contributed by atoms with Crippen molar-refractivity contribution < 1.29 is 0 Å². The predicted octanol–water partition coefficient (Wildman–Crippen LogP) is 2.79. The molecule has 17 heavy (non-hydrogen) atoms. The van der Waals surface area contributed by atoms with Gasteiger partial charge in [-0.3, -0.25) is 0 Å². The molecule has 0 spiro atoms. The van der Waals surface area contributed by atoms with Crippen molar-refractivity contribution >= 4 is 28.8 Å². The van der Waals surface area contributed by atoms with Crippen LogP contribution < -0.4 is 10.6 Å². The Morgan fingerprint density at radius 1 is 1.24 bits per heavy atom. The Labute approximate surface area is 105 Å². The van der Waals surface area contributed by atoms with E-state index in [0.717, 1.165) is 5.69 Å². The molecule has 5 heteroatoms. The molecule has 1 aromatic carbocycles. The molecule has 0 aliphatic heterocycles. The van der Waals surface area contributed by atoms with Crippen LogP contribution in [0.3, 0.4) is 0 Å². The maximum Gasteiger partial charge on any atom is 0.224 e. The number of rotatable bonds is 2. The molecule has 1 aromatic heterocycles. The van der Waals surface area contributed by atoms with E-state index < -0.39 is 0 Å². The van der Waals surface area contributed by atoms with Crippen molar-refractivity contribution in [1.29, 1.82) is 0 Å². The highest BCUT2D eigenvalue weighted by Crippen LogP contribution is 2.27. The molecule has 0 bridgehead atoms.